The van der Waals surface area contributed by atoms with Crippen LogP contribution >= 0.6 is 11.6 Å². The highest BCUT2D eigenvalue weighted by molar-refractivity contribution is 7.93. The number of sulfonamides is 1. The number of hydrogen-bond donors (Lipinski definition) is 0. The molecule has 6 heteroatoms. The SMILES string of the molecule is Cc1ccc(C)c(N(C(=O)C2CCCCC2)S(=O)(=O)c2ccc(Cl)cc2)c1. The van der Waals surface area contributed by atoms with Crippen LogP contribution in [0, 0.1) is 19.8 Å². The van der Waals surface area contributed by atoms with E-state index in [9.17, 15) is 13.2 Å². The number of anilines is 1. The number of carbonyl (C=O) groups excluding carboxylic acids is 1. The summed E-state index contributed by atoms with van der Waals surface area (Å²) in [6, 6.07) is 11.5. The molecule has 0 heterocycles. The first-order chi connectivity index (χ1) is 12.8. The van der Waals surface area contributed by atoms with Crippen molar-refractivity contribution < 1.29 is 13.2 Å². The summed E-state index contributed by atoms with van der Waals surface area (Å²) in [5.41, 5.74) is 2.09. The van der Waals surface area contributed by atoms with E-state index in [0.717, 1.165) is 47.5 Å². The predicted molar refractivity (Wildman–Crippen MR) is 109 cm³/mol. The van der Waals surface area contributed by atoms with E-state index in [1.807, 2.05) is 26.0 Å². The van der Waals surface area contributed by atoms with Gasteiger partial charge in [-0.15, -0.1) is 0 Å². The summed E-state index contributed by atoms with van der Waals surface area (Å²) in [4.78, 5) is 13.4. The Kier molecular flexibility index (Phi) is 5.92. The van der Waals surface area contributed by atoms with E-state index in [2.05, 4.69) is 0 Å². The Bertz CT molecular complexity index is 932. The molecule has 1 aliphatic rings. The number of rotatable bonds is 4. The Labute approximate surface area is 166 Å². The molecule has 0 unspecified atom stereocenters. The van der Waals surface area contributed by atoms with Crippen LogP contribution in [-0.4, -0.2) is 14.3 Å². The number of hydrogen-bond acceptors (Lipinski definition) is 3. The zero-order chi connectivity index (χ0) is 19.6. The second-order valence-corrected chi connectivity index (χ2v) is 9.41. The van der Waals surface area contributed by atoms with Crippen molar-refractivity contribution in [2.45, 2.75) is 50.8 Å². The van der Waals surface area contributed by atoms with Crippen molar-refractivity contribution >= 4 is 33.2 Å². The Hall–Kier alpha value is -1.85. The molecule has 2 aromatic rings. The van der Waals surface area contributed by atoms with Crippen molar-refractivity contribution in [3.63, 3.8) is 0 Å². The summed E-state index contributed by atoms with van der Waals surface area (Å²) in [6.45, 7) is 3.72. The molecule has 0 radical (unpaired) electrons. The maximum absolute atomic E-state index is 13.5. The van der Waals surface area contributed by atoms with Gasteiger partial charge in [-0.05, 0) is 68.1 Å². The molecule has 27 heavy (non-hydrogen) atoms. The van der Waals surface area contributed by atoms with Crippen molar-refractivity contribution in [3.8, 4) is 0 Å². The molecular weight excluding hydrogens is 382 g/mol. The Morgan fingerprint density at radius 2 is 1.63 bits per heavy atom. The zero-order valence-electron chi connectivity index (χ0n) is 15.6. The molecule has 0 aliphatic heterocycles. The van der Waals surface area contributed by atoms with Gasteiger partial charge >= 0.3 is 0 Å². The number of halogens is 1. The van der Waals surface area contributed by atoms with E-state index in [1.165, 1.54) is 24.3 Å². The van der Waals surface area contributed by atoms with Crippen LogP contribution in [-0.2, 0) is 14.8 Å². The van der Waals surface area contributed by atoms with Crippen molar-refractivity contribution in [3.05, 3.63) is 58.6 Å². The average Bonchev–Trinajstić information content (AvgIpc) is 2.65. The number of aryl methyl sites for hydroxylation is 2. The summed E-state index contributed by atoms with van der Waals surface area (Å²) < 4.78 is 27.9. The normalized spacial score (nSPS) is 15.5. The molecule has 1 fully saturated rings. The summed E-state index contributed by atoms with van der Waals surface area (Å²) in [5, 5.41) is 0.450. The van der Waals surface area contributed by atoms with Crippen molar-refractivity contribution in [2.24, 2.45) is 5.92 Å². The summed E-state index contributed by atoms with van der Waals surface area (Å²) in [6.07, 6.45) is 4.47. The molecule has 2 aromatic carbocycles. The molecule has 0 N–H and O–H groups in total. The third-order valence-electron chi connectivity index (χ3n) is 5.09. The van der Waals surface area contributed by atoms with Crippen LogP contribution in [0.4, 0.5) is 5.69 Å². The quantitative estimate of drug-likeness (QED) is 0.697. The van der Waals surface area contributed by atoms with Crippen LogP contribution in [0.5, 0.6) is 0 Å². The molecule has 0 atom stereocenters. The number of amides is 1. The van der Waals surface area contributed by atoms with Crippen LogP contribution in [0.25, 0.3) is 0 Å². The van der Waals surface area contributed by atoms with Crippen LogP contribution in [0.1, 0.15) is 43.2 Å². The monoisotopic (exact) mass is 405 g/mol. The van der Waals surface area contributed by atoms with E-state index >= 15 is 0 Å². The van der Waals surface area contributed by atoms with Gasteiger partial charge in [-0.1, -0.05) is 43.0 Å². The van der Waals surface area contributed by atoms with Crippen LogP contribution in [0.3, 0.4) is 0 Å². The van der Waals surface area contributed by atoms with Gasteiger partial charge in [-0.25, -0.2) is 12.7 Å². The first-order valence-corrected chi connectivity index (χ1v) is 11.0. The predicted octanol–water partition coefficient (Wildman–Crippen LogP) is 5.26. The minimum atomic E-state index is -4.03. The standard InChI is InChI=1S/C21H24ClNO3S/c1-15-8-9-16(2)20(14-15)23(21(24)17-6-4-3-5-7-17)27(25,26)19-12-10-18(22)11-13-19/h8-14,17H,3-7H2,1-2H3. The fourth-order valence-corrected chi connectivity index (χ4v) is 5.19. The van der Waals surface area contributed by atoms with Crippen molar-refractivity contribution in [1.29, 1.82) is 0 Å². The summed E-state index contributed by atoms with van der Waals surface area (Å²) in [7, 11) is -4.03. The zero-order valence-corrected chi connectivity index (χ0v) is 17.2. The van der Waals surface area contributed by atoms with Gasteiger partial charge in [0.05, 0.1) is 10.6 Å². The Morgan fingerprint density at radius 1 is 1.00 bits per heavy atom. The van der Waals surface area contributed by atoms with Gasteiger partial charge in [0.1, 0.15) is 0 Å². The smallest absolute Gasteiger partial charge is 0.270 e. The second-order valence-electron chi connectivity index (χ2n) is 7.19. The first kappa shape index (κ1) is 19.9. The maximum Gasteiger partial charge on any atom is 0.270 e. The second kappa shape index (κ2) is 8.03. The van der Waals surface area contributed by atoms with E-state index in [1.54, 1.807) is 6.07 Å². The van der Waals surface area contributed by atoms with Crippen molar-refractivity contribution in [2.75, 3.05) is 4.31 Å². The first-order valence-electron chi connectivity index (χ1n) is 9.22. The van der Waals surface area contributed by atoms with Gasteiger partial charge in [0.15, 0.2) is 0 Å². The van der Waals surface area contributed by atoms with E-state index < -0.39 is 10.0 Å². The van der Waals surface area contributed by atoms with Gasteiger partial charge in [0, 0.05) is 10.9 Å². The highest BCUT2D eigenvalue weighted by Crippen LogP contribution is 2.33. The molecule has 0 saturated heterocycles. The summed E-state index contributed by atoms with van der Waals surface area (Å²) >= 11 is 5.91. The third kappa shape index (κ3) is 4.19. The molecule has 1 aliphatic carbocycles. The van der Waals surface area contributed by atoms with E-state index in [4.69, 9.17) is 11.6 Å². The van der Waals surface area contributed by atoms with Gasteiger partial charge in [-0.3, -0.25) is 4.79 Å². The van der Waals surface area contributed by atoms with Gasteiger partial charge in [0.25, 0.3) is 10.0 Å². The number of nitrogens with zero attached hydrogens (tertiary/aromatic N) is 1. The van der Waals surface area contributed by atoms with Crippen LogP contribution in [0.15, 0.2) is 47.4 Å². The molecule has 1 saturated carbocycles. The van der Waals surface area contributed by atoms with Crippen LogP contribution in [0.2, 0.25) is 5.02 Å². The Morgan fingerprint density at radius 3 is 2.26 bits per heavy atom. The fourth-order valence-electron chi connectivity index (χ4n) is 3.53. The largest absolute Gasteiger partial charge is 0.273 e. The Balaban J connectivity index is 2.13. The van der Waals surface area contributed by atoms with Gasteiger partial charge < -0.3 is 0 Å². The minimum absolute atomic E-state index is 0.0666. The molecule has 3 rings (SSSR count). The number of benzene rings is 2. The van der Waals surface area contributed by atoms with Gasteiger partial charge in [0.2, 0.25) is 5.91 Å². The highest BCUT2D eigenvalue weighted by atomic mass is 35.5. The molecule has 4 nitrogen and oxygen atoms in total. The number of carbonyl (C=O) groups is 1. The lowest BCUT2D eigenvalue weighted by molar-refractivity contribution is -0.122. The molecule has 0 aromatic heterocycles. The maximum atomic E-state index is 13.5. The lowest BCUT2D eigenvalue weighted by atomic mass is 9.88. The molecule has 1 amide bonds. The fraction of sp³-hybridized carbons (Fsp3) is 0.381. The van der Waals surface area contributed by atoms with Crippen LogP contribution < -0.4 is 4.31 Å². The molecular formula is C21H24ClNO3S. The molecule has 0 bridgehead atoms. The molecule has 144 valence electrons. The van der Waals surface area contributed by atoms with Crippen molar-refractivity contribution in [1.82, 2.24) is 0 Å². The lowest BCUT2D eigenvalue weighted by Crippen LogP contribution is -2.42. The average molecular weight is 406 g/mol. The third-order valence-corrected chi connectivity index (χ3v) is 7.07. The van der Waals surface area contributed by atoms with Gasteiger partial charge in [-0.2, -0.15) is 0 Å². The lowest BCUT2D eigenvalue weighted by Gasteiger charge is -2.30. The topological polar surface area (TPSA) is 54.5 Å². The minimum Gasteiger partial charge on any atom is -0.273 e. The molecule has 0 spiro atoms. The van der Waals surface area contributed by atoms with E-state index in [-0.39, 0.29) is 16.7 Å². The van der Waals surface area contributed by atoms with E-state index in [0.29, 0.717) is 10.7 Å². The highest BCUT2D eigenvalue weighted by Gasteiger charge is 2.36. The summed E-state index contributed by atoms with van der Waals surface area (Å²) in [5.74, 6) is -0.598.